The van der Waals surface area contributed by atoms with Crippen LogP contribution >= 0.6 is 0 Å². The summed E-state index contributed by atoms with van der Waals surface area (Å²) in [5.41, 5.74) is 0.286. The first-order valence-corrected chi connectivity index (χ1v) is 7.53. The lowest BCUT2D eigenvalue weighted by atomic mass is 10.2. The van der Waals surface area contributed by atoms with Crippen LogP contribution in [0.4, 0.5) is 16.3 Å². The van der Waals surface area contributed by atoms with E-state index in [9.17, 15) is 9.59 Å². The predicted molar refractivity (Wildman–Crippen MR) is 91.2 cm³/mol. The molecule has 0 bridgehead atoms. The molecule has 2 rings (SSSR count). The molecule has 0 aliphatic rings. The average molecular weight is 333 g/mol. The van der Waals surface area contributed by atoms with Gasteiger partial charge in [-0.3, -0.25) is 10.1 Å². The van der Waals surface area contributed by atoms with E-state index in [1.165, 1.54) is 0 Å². The highest BCUT2D eigenvalue weighted by atomic mass is 16.6. The summed E-state index contributed by atoms with van der Waals surface area (Å²) >= 11 is 0. The van der Waals surface area contributed by atoms with Gasteiger partial charge in [0.15, 0.2) is 5.82 Å². The molecule has 0 unspecified atom stereocenters. The molecule has 0 radical (unpaired) electrons. The lowest BCUT2D eigenvalue weighted by Gasteiger charge is -2.19. The second kappa shape index (κ2) is 6.38. The number of carbonyl (C=O) groups excluding carboxylic acids is 2. The molecule has 0 aliphatic carbocycles. The molecule has 0 atom stereocenters. The maximum absolute atomic E-state index is 12.4. The van der Waals surface area contributed by atoms with Crippen LogP contribution in [-0.2, 0) is 18.8 Å². The van der Waals surface area contributed by atoms with Gasteiger partial charge in [-0.05, 0) is 33.8 Å². The Bertz CT molecular complexity index is 748. The number of nitrogens with zero attached hydrogens (tertiary/aromatic N) is 3. The Hall–Kier alpha value is -2.77. The molecular weight excluding hydrogens is 310 g/mol. The normalized spacial score (nSPS) is 11.2. The van der Waals surface area contributed by atoms with Gasteiger partial charge in [0, 0.05) is 26.5 Å². The molecule has 2 amide bonds. The summed E-state index contributed by atoms with van der Waals surface area (Å²) in [6.45, 7) is 7.20. The number of hydrogen-bond donors (Lipinski definition) is 2. The third-order valence-electron chi connectivity index (χ3n) is 3.23. The van der Waals surface area contributed by atoms with Gasteiger partial charge in [-0.2, -0.15) is 0 Å². The zero-order chi connectivity index (χ0) is 18.1. The van der Waals surface area contributed by atoms with E-state index < -0.39 is 11.7 Å². The van der Waals surface area contributed by atoms with Crippen molar-refractivity contribution in [2.24, 2.45) is 14.1 Å². The van der Waals surface area contributed by atoms with Crippen LogP contribution < -0.4 is 10.6 Å². The van der Waals surface area contributed by atoms with E-state index in [1.54, 1.807) is 50.8 Å². The van der Waals surface area contributed by atoms with Crippen LogP contribution in [0.15, 0.2) is 18.5 Å². The summed E-state index contributed by atoms with van der Waals surface area (Å²) in [5, 5.41) is 5.34. The minimum Gasteiger partial charge on any atom is -0.444 e. The first-order valence-electron chi connectivity index (χ1n) is 7.53. The van der Waals surface area contributed by atoms with Crippen LogP contribution in [-0.4, -0.2) is 31.7 Å². The monoisotopic (exact) mass is 333 g/mol. The van der Waals surface area contributed by atoms with Crippen molar-refractivity contribution in [3.63, 3.8) is 0 Å². The zero-order valence-corrected chi connectivity index (χ0v) is 14.8. The van der Waals surface area contributed by atoms with Gasteiger partial charge >= 0.3 is 6.09 Å². The third kappa shape index (κ3) is 4.37. The molecule has 2 N–H and O–H groups in total. The largest absolute Gasteiger partial charge is 0.444 e. The lowest BCUT2D eigenvalue weighted by molar-refractivity contribution is 0.0635. The van der Waals surface area contributed by atoms with Crippen molar-refractivity contribution in [1.29, 1.82) is 0 Å². The van der Waals surface area contributed by atoms with Crippen molar-refractivity contribution in [3.05, 3.63) is 30.0 Å². The van der Waals surface area contributed by atoms with E-state index in [4.69, 9.17) is 4.74 Å². The molecule has 2 heterocycles. The standard InChI is InChI=1S/C16H23N5O3/c1-10-17-13(9-20(10)5)19-14(22)12-7-11(8-21(12)6)18-15(23)24-16(2,3)4/h7-9H,1-6H3,(H,18,23)(H,19,22). The second-order valence-electron chi connectivity index (χ2n) is 6.59. The fourth-order valence-corrected chi connectivity index (χ4v) is 2.08. The number of aryl methyl sites for hydroxylation is 3. The average Bonchev–Trinajstić information content (AvgIpc) is 2.90. The van der Waals surface area contributed by atoms with Crippen molar-refractivity contribution in [3.8, 4) is 0 Å². The number of aromatic nitrogens is 3. The topological polar surface area (TPSA) is 90.2 Å². The molecule has 0 aliphatic heterocycles. The molecule has 8 nitrogen and oxygen atoms in total. The van der Waals surface area contributed by atoms with Crippen molar-refractivity contribution < 1.29 is 14.3 Å². The Labute approximate surface area is 140 Å². The SMILES string of the molecule is Cc1nc(NC(=O)c2cc(NC(=O)OC(C)(C)C)cn2C)cn1C. The third-order valence-corrected chi connectivity index (χ3v) is 3.23. The van der Waals surface area contributed by atoms with Crippen molar-refractivity contribution in [2.75, 3.05) is 10.6 Å². The first kappa shape index (κ1) is 17.6. The van der Waals surface area contributed by atoms with E-state index >= 15 is 0 Å². The van der Waals surface area contributed by atoms with Gasteiger partial charge in [-0.1, -0.05) is 0 Å². The summed E-state index contributed by atoms with van der Waals surface area (Å²) < 4.78 is 8.63. The highest BCUT2D eigenvalue weighted by Crippen LogP contribution is 2.16. The van der Waals surface area contributed by atoms with Crippen molar-refractivity contribution >= 4 is 23.5 Å². The predicted octanol–water partition coefficient (Wildman–Crippen LogP) is 2.67. The van der Waals surface area contributed by atoms with E-state index in [2.05, 4.69) is 15.6 Å². The first-order chi connectivity index (χ1) is 11.0. The molecule has 24 heavy (non-hydrogen) atoms. The number of hydrogen-bond acceptors (Lipinski definition) is 4. The quantitative estimate of drug-likeness (QED) is 0.903. The van der Waals surface area contributed by atoms with Crippen LogP contribution in [0.1, 0.15) is 37.1 Å². The van der Waals surface area contributed by atoms with Crippen LogP contribution in [0.2, 0.25) is 0 Å². The van der Waals surface area contributed by atoms with Crippen LogP contribution in [0.5, 0.6) is 0 Å². The molecule has 2 aromatic heterocycles. The van der Waals surface area contributed by atoms with Gasteiger partial charge in [-0.25, -0.2) is 9.78 Å². The fourth-order valence-electron chi connectivity index (χ4n) is 2.08. The molecular formula is C16H23N5O3. The van der Waals surface area contributed by atoms with E-state index in [0.29, 0.717) is 17.2 Å². The molecule has 0 aromatic carbocycles. The Balaban J connectivity index is 2.07. The Kier molecular flexibility index (Phi) is 4.68. The highest BCUT2D eigenvalue weighted by Gasteiger charge is 2.18. The van der Waals surface area contributed by atoms with E-state index in [-0.39, 0.29) is 5.91 Å². The zero-order valence-electron chi connectivity index (χ0n) is 14.8. The number of imidazole rings is 1. The number of nitrogens with one attached hydrogen (secondary N) is 2. The van der Waals surface area contributed by atoms with Crippen LogP contribution in [0, 0.1) is 6.92 Å². The van der Waals surface area contributed by atoms with Gasteiger partial charge in [0.2, 0.25) is 0 Å². The van der Waals surface area contributed by atoms with E-state index in [1.807, 2.05) is 18.5 Å². The molecule has 8 heteroatoms. The number of rotatable bonds is 3. The fraction of sp³-hybridized carbons (Fsp3) is 0.438. The van der Waals surface area contributed by atoms with Crippen LogP contribution in [0.25, 0.3) is 0 Å². The number of anilines is 2. The lowest BCUT2D eigenvalue weighted by Crippen LogP contribution is -2.27. The summed E-state index contributed by atoms with van der Waals surface area (Å²) in [5.74, 6) is 0.958. The van der Waals surface area contributed by atoms with Gasteiger partial charge in [-0.15, -0.1) is 0 Å². The van der Waals surface area contributed by atoms with Gasteiger partial charge in [0.05, 0.1) is 5.69 Å². The minimum atomic E-state index is -0.587. The minimum absolute atomic E-state index is 0.312. The molecule has 0 spiro atoms. The maximum atomic E-state index is 12.4. The molecule has 0 saturated carbocycles. The summed E-state index contributed by atoms with van der Waals surface area (Å²) in [7, 11) is 3.57. The van der Waals surface area contributed by atoms with Gasteiger partial charge in [0.25, 0.3) is 5.91 Å². The molecule has 0 fully saturated rings. The Morgan fingerprint density at radius 1 is 1.12 bits per heavy atom. The van der Waals surface area contributed by atoms with Crippen molar-refractivity contribution in [1.82, 2.24) is 14.1 Å². The van der Waals surface area contributed by atoms with Gasteiger partial charge in [0.1, 0.15) is 17.1 Å². The number of ether oxygens (including phenoxy) is 1. The maximum Gasteiger partial charge on any atom is 0.412 e. The Morgan fingerprint density at radius 3 is 2.33 bits per heavy atom. The van der Waals surface area contributed by atoms with Gasteiger partial charge < -0.3 is 19.2 Å². The van der Waals surface area contributed by atoms with E-state index in [0.717, 1.165) is 5.82 Å². The Morgan fingerprint density at radius 2 is 1.79 bits per heavy atom. The molecule has 2 aromatic rings. The molecule has 0 saturated heterocycles. The summed E-state index contributed by atoms with van der Waals surface area (Å²) in [6, 6.07) is 1.58. The summed E-state index contributed by atoms with van der Waals surface area (Å²) in [6.07, 6.45) is 2.80. The number of amides is 2. The summed E-state index contributed by atoms with van der Waals surface area (Å²) in [4.78, 5) is 28.4. The van der Waals surface area contributed by atoms with Crippen molar-refractivity contribution in [2.45, 2.75) is 33.3 Å². The second-order valence-corrected chi connectivity index (χ2v) is 6.59. The number of carbonyl (C=O) groups is 2. The highest BCUT2D eigenvalue weighted by molar-refractivity contribution is 6.03. The molecule has 130 valence electrons. The van der Waals surface area contributed by atoms with Crippen LogP contribution in [0.3, 0.4) is 0 Å². The smallest absolute Gasteiger partial charge is 0.412 e.